The Labute approximate surface area is 207 Å². The molecule has 8 nitrogen and oxygen atoms in total. The lowest BCUT2D eigenvalue weighted by Crippen LogP contribution is -2.30. The zero-order valence-corrected chi connectivity index (χ0v) is 20.7. The number of anilines is 1. The molecular weight excluding hydrogens is 514 g/mol. The van der Waals surface area contributed by atoms with Gasteiger partial charge in [-0.1, -0.05) is 28.1 Å². The molecule has 0 aliphatic rings. The van der Waals surface area contributed by atoms with Crippen molar-refractivity contribution in [1.82, 2.24) is 0 Å². The van der Waals surface area contributed by atoms with Gasteiger partial charge in [-0.3, -0.25) is 10.1 Å². The molecule has 2 atom stereocenters. The highest BCUT2D eigenvalue weighted by Crippen LogP contribution is 2.28. The van der Waals surface area contributed by atoms with Gasteiger partial charge < -0.3 is 24.1 Å². The molecule has 33 heavy (non-hydrogen) atoms. The summed E-state index contributed by atoms with van der Waals surface area (Å²) in [6, 6.07) is 14.0. The Bertz CT molecular complexity index is 864. The van der Waals surface area contributed by atoms with Crippen LogP contribution in [0.3, 0.4) is 0 Å². The highest BCUT2D eigenvalue weighted by molar-refractivity contribution is 9.10. The summed E-state index contributed by atoms with van der Waals surface area (Å²) in [5.74, 6) is 0.107. The fourth-order valence-electron chi connectivity index (χ4n) is 2.94. The van der Waals surface area contributed by atoms with Crippen molar-refractivity contribution in [3.05, 3.63) is 58.6 Å². The molecular formula is C23H28BrNO7S. The van der Waals surface area contributed by atoms with Crippen molar-refractivity contribution < 1.29 is 33.6 Å². The third-order valence-electron chi connectivity index (χ3n) is 4.41. The molecule has 2 N–H and O–H groups in total. The lowest BCUT2D eigenvalue weighted by atomic mass is 10.0. The molecule has 0 aliphatic carbocycles. The van der Waals surface area contributed by atoms with Crippen LogP contribution >= 0.6 is 28.6 Å². The van der Waals surface area contributed by atoms with E-state index in [-0.39, 0.29) is 25.6 Å². The molecule has 2 aromatic carbocycles. The van der Waals surface area contributed by atoms with Gasteiger partial charge in [-0.15, -0.1) is 0 Å². The monoisotopic (exact) mass is 541 g/mol. The van der Waals surface area contributed by atoms with Gasteiger partial charge in [0.05, 0.1) is 19.0 Å². The van der Waals surface area contributed by atoms with Crippen LogP contribution in [0.15, 0.2) is 53.0 Å². The molecule has 1 amide bonds. The van der Waals surface area contributed by atoms with Crippen LogP contribution in [0.4, 0.5) is 10.5 Å². The summed E-state index contributed by atoms with van der Waals surface area (Å²) in [4.78, 5) is 24.1. The average molecular weight is 542 g/mol. The number of hydrogen-bond donors (Lipinski definition) is 3. The maximum atomic E-state index is 12.7. The highest BCUT2D eigenvalue weighted by atomic mass is 79.9. The number of carbonyl (C=O) groups is 2. The number of nitrogens with one attached hydrogen (secondary N) is 1. The van der Waals surface area contributed by atoms with Crippen LogP contribution < -0.4 is 10.1 Å². The van der Waals surface area contributed by atoms with Crippen LogP contribution in [0, 0.1) is 0 Å². The van der Waals surface area contributed by atoms with Crippen molar-refractivity contribution in [2.45, 2.75) is 25.6 Å². The molecule has 0 spiro atoms. The summed E-state index contributed by atoms with van der Waals surface area (Å²) >= 11 is 7.25. The predicted molar refractivity (Wildman–Crippen MR) is 131 cm³/mol. The average Bonchev–Trinajstić information content (AvgIpc) is 2.82. The van der Waals surface area contributed by atoms with Gasteiger partial charge in [-0.25, -0.2) is 4.79 Å². The first-order valence-electron chi connectivity index (χ1n) is 10.4. The van der Waals surface area contributed by atoms with Gasteiger partial charge >= 0.3 is 12.1 Å². The van der Waals surface area contributed by atoms with E-state index in [0.717, 1.165) is 4.47 Å². The van der Waals surface area contributed by atoms with Crippen molar-refractivity contribution in [2.24, 2.45) is 0 Å². The van der Waals surface area contributed by atoms with Crippen LogP contribution in [0.5, 0.6) is 5.75 Å². The predicted octanol–water partition coefficient (Wildman–Crippen LogP) is 4.38. The zero-order valence-electron chi connectivity index (χ0n) is 18.2. The Morgan fingerprint density at radius 1 is 1.09 bits per heavy atom. The maximum absolute atomic E-state index is 12.7. The Balaban J connectivity index is 2.19. The number of carbonyl (C=O) groups excluding carboxylic acids is 2. The van der Waals surface area contributed by atoms with E-state index in [1.54, 1.807) is 48.5 Å². The number of aliphatic hydroxyl groups excluding tert-OH is 1. The highest BCUT2D eigenvalue weighted by Gasteiger charge is 2.28. The minimum absolute atomic E-state index is 0.0237. The largest absolute Gasteiger partial charge is 0.491 e. The molecule has 0 heterocycles. The molecule has 2 rings (SSSR count). The van der Waals surface area contributed by atoms with E-state index < -0.39 is 24.3 Å². The number of ether oxygens (including phenoxy) is 4. The second-order valence-electron chi connectivity index (χ2n) is 6.76. The molecule has 2 aromatic rings. The second kappa shape index (κ2) is 14.8. The SMILES string of the molecule is CCO[C@H](CCOC(=O)CS)[C@H](OC(=O)Nc1ccc(Br)cc1)c1ccc(OCCO)cc1. The maximum Gasteiger partial charge on any atom is 0.412 e. The van der Waals surface area contributed by atoms with Gasteiger partial charge in [0.25, 0.3) is 0 Å². The van der Waals surface area contributed by atoms with E-state index in [2.05, 4.69) is 33.9 Å². The molecule has 0 saturated heterocycles. The summed E-state index contributed by atoms with van der Waals surface area (Å²) in [7, 11) is 0. The van der Waals surface area contributed by atoms with Crippen LogP contribution in [0.2, 0.25) is 0 Å². The fraction of sp³-hybridized carbons (Fsp3) is 0.391. The minimum atomic E-state index is -0.776. The van der Waals surface area contributed by atoms with Crippen molar-refractivity contribution in [2.75, 3.05) is 37.5 Å². The van der Waals surface area contributed by atoms with Gasteiger partial charge in [-0.05, 0) is 48.9 Å². The third-order valence-corrected chi connectivity index (χ3v) is 5.19. The van der Waals surface area contributed by atoms with E-state index >= 15 is 0 Å². The summed E-state index contributed by atoms with van der Waals surface area (Å²) in [6.45, 7) is 2.37. The summed E-state index contributed by atoms with van der Waals surface area (Å²) in [5.41, 5.74) is 1.25. The third kappa shape index (κ3) is 9.63. The van der Waals surface area contributed by atoms with E-state index in [9.17, 15) is 9.59 Å². The summed E-state index contributed by atoms with van der Waals surface area (Å²) in [5, 5.41) is 11.6. The number of rotatable bonds is 13. The van der Waals surface area contributed by atoms with Crippen LogP contribution in [0.1, 0.15) is 25.0 Å². The number of benzene rings is 2. The number of amides is 1. The Morgan fingerprint density at radius 2 is 1.79 bits per heavy atom. The van der Waals surface area contributed by atoms with Crippen LogP contribution in [0.25, 0.3) is 0 Å². The number of halogens is 1. The molecule has 0 aromatic heterocycles. The van der Waals surface area contributed by atoms with Gasteiger partial charge in [-0.2, -0.15) is 12.6 Å². The van der Waals surface area contributed by atoms with Crippen molar-refractivity contribution >= 4 is 46.3 Å². The van der Waals surface area contributed by atoms with Crippen molar-refractivity contribution in [3.8, 4) is 5.75 Å². The Hall–Kier alpha value is -2.27. The lowest BCUT2D eigenvalue weighted by Gasteiger charge is -2.27. The molecule has 0 aliphatic heterocycles. The number of esters is 1. The normalized spacial score (nSPS) is 12.5. The Kier molecular flexibility index (Phi) is 12.1. The number of aliphatic hydroxyl groups is 1. The number of hydrogen-bond acceptors (Lipinski definition) is 8. The number of thiol groups is 1. The Morgan fingerprint density at radius 3 is 2.39 bits per heavy atom. The zero-order chi connectivity index (χ0) is 24.1. The van der Waals surface area contributed by atoms with E-state index in [0.29, 0.717) is 30.0 Å². The van der Waals surface area contributed by atoms with Crippen LogP contribution in [-0.4, -0.2) is 55.5 Å². The molecule has 0 unspecified atom stereocenters. The van der Waals surface area contributed by atoms with Crippen molar-refractivity contribution in [1.29, 1.82) is 0 Å². The standard InChI is InChI=1S/C23H28BrNO7S/c1-2-29-20(11-13-31-21(27)15-33)22(16-3-9-19(10-4-16)30-14-12-26)32-23(28)25-18-7-5-17(24)6-8-18/h3-10,20,22,26,33H,2,11-15H2,1H3,(H,25,28)/t20-,22-/m1/s1. The van der Waals surface area contributed by atoms with Gasteiger partial charge in [0.15, 0.2) is 6.10 Å². The van der Waals surface area contributed by atoms with Crippen molar-refractivity contribution in [3.63, 3.8) is 0 Å². The minimum Gasteiger partial charge on any atom is -0.491 e. The van der Waals surface area contributed by atoms with E-state index in [4.69, 9.17) is 24.1 Å². The first kappa shape index (κ1) is 27.0. The second-order valence-corrected chi connectivity index (χ2v) is 7.99. The smallest absolute Gasteiger partial charge is 0.412 e. The quantitative estimate of drug-likeness (QED) is 0.255. The molecule has 0 saturated carbocycles. The van der Waals surface area contributed by atoms with Gasteiger partial charge in [0.2, 0.25) is 0 Å². The first-order chi connectivity index (χ1) is 16.0. The topological polar surface area (TPSA) is 103 Å². The lowest BCUT2D eigenvalue weighted by molar-refractivity contribution is -0.142. The van der Waals surface area contributed by atoms with Crippen LogP contribution in [-0.2, 0) is 19.0 Å². The molecule has 0 fully saturated rings. The molecule has 10 heteroatoms. The summed E-state index contributed by atoms with van der Waals surface area (Å²) < 4.78 is 23.0. The molecule has 0 bridgehead atoms. The summed E-state index contributed by atoms with van der Waals surface area (Å²) in [6.07, 6.45) is -1.68. The van der Waals surface area contributed by atoms with Gasteiger partial charge in [0.1, 0.15) is 18.5 Å². The van der Waals surface area contributed by atoms with E-state index in [1.807, 2.05) is 6.92 Å². The molecule has 180 valence electrons. The molecule has 0 radical (unpaired) electrons. The fourth-order valence-corrected chi connectivity index (χ4v) is 3.30. The van der Waals surface area contributed by atoms with E-state index in [1.165, 1.54) is 0 Å². The first-order valence-corrected chi connectivity index (χ1v) is 11.8. The van der Waals surface area contributed by atoms with Gasteiger partial charge in [0, 0.05) is 23.2 Å².